The third-order valence-corrected chi connectivity index (χ3v) is 4.87. The van der Waals surface area contributed by atoms with E-state index >= 15 is 0 Å². The highest BCUT2D eigenvalue weighted by Gasteiger charge is 2.32. The normalized spacial score (nSPS) is 25.6. The van der Waals surface area contributed by atoms with Crippen LogP contribution in [0.5, 0.6) is 0 Å². The highest BCUT2D eigenvalue weighted by Crippen LogP contribution is 2.26. The first-order valence-corrected chi connectivity index (χ1v) is 8.06. The van der Waals surface area contributed by atoms with Crippen molar-refractivity contribution in [1.29, 1.82) is 0 Å². The van der Waals surface area contributed by atoms with Gasteiger partial charge in [-0.1, -0.05) is 24.3 Å². The predicted octanol–water partition coefficient (Wildman–Crippen LogP) is 1.43. The van der Waals surface area contributed by atoms with E-state index in [-0.39, 0.29) is 5.91 Å². The molecule has 2 heterocycles. The fraction of sp³-hybridized carbons (Fsp3) is 0.588. The van der Waals surface area contributed by atoms with E-state index in [1.165, 1.54) is 19.4 Å². The van der Waals surface area contributed by atoms with Gasteiger partial charge in [-0.15, -0.1) is 0 Å². The van der Waals surface area contributed by atoms with Crippen LogP contribution in [0.15, 0.2) is 24.3 Å². The summed E-state index contributed by atoms with van der Waals surface area (Å²) in [5, 5.41) is 3.22. The van der Waals surface area contributed by atoms with Crippen LogP contribution in [0.3, 0.4) is 0 Å². The predicted molar refractivity (Wildman–Crippen MR) is 83.8 cm³/mol. The average molecular weight is 287 g/mol. The monoisotopic (exact) mass is 287 g/mol. The Balaban J connectivity index is 1.54. The van der Waals surface area contributed by atoms with Crippen LogP contribution in [0.1, 0.15) is 36.8 Å². The quantitative estimate of drug-likeness (QED) is 0.881. The van der Waals surface area contributed by atoms with E-state index in [1.807, 2.05) is 24.3 Å². The van der Waals surface area contributed by atoms with Crippen molar-refractivity contribution in [2.75, 3.05) is 13.1 Å². The van der Waals surface area contributed by atoms with Crippen LogP contribution in [0.4, 0.5) is 0 Å². The molecule has 2 fully saturated rings. The molecule has 3 rings (SSSR count). The molecule has 0 bridgehead atoms. The van der Waals surface area contributed by atoms with Gasteiger partial charge in [0.25, 0.3) is 0 Å². The van der Waals surface area contributed by atoms with Crippen molar-refractivity contribution in [3.63, 3.8) is 0 Å². The molecule has 0 radical (unpaired) electrons. The van der Waals surface area contributed by atoms with Gasteiger partial charge in [0, 0.05) is 25.2 Å². The largest absolute Gasteiger partial charge is 0.353 e. The molecule has 0 spiro atoms. The minimum Gasteiger partial charge on any atom is -0.353 e. The highest BCUT2D eigenvalue weighted by atomic mass is 16.1. The molecule has 2 aliphatic rings. The summed E-state index contributed by atoms with van der Waals surface area (Å²) < 4.78 is 0. The molecule has 1 amide bonds. The smallest absolute Gasteiger partial charge is 0.224 e. The van der Waals surface area contributed by atoms with Crippen molar-refractivity contribution in [2.45, 2.75) is 50.7 Å². The van der Waals surface area contributed by atoms with Crippen LogP contribution < -0.4 is 11.1 Å². The number of benzene rings is 1. The van der Waals surface area contributed by atoms with Crippen molar-refractivity contribution in [3.8, 4) is 0 Å². The van der Waals surface area contributed by atoms with Crippen LogP contribution in [0.25, 0.3) is 0 Å². The molecule has 0 aromatic heterocycles. The van der Waals surface area contributed by atoms with Crippen LogP contribution in [0, 0.1) is 0 Å². The number of hydrogen-bond donors (Lipinski definition) is 2. The second-order valence-electron chi connectivity index (χ2n) is 6.27. The molecule has 1 aromatic rings. The number of nitrogens with one attached hydrogen (secondary N) is 1. The summed E-state index contributed by atoms with van der Waals surface area (Å²) in [6.45, 7) is 2.87. The lowest BCUT2D eigenvalue weighted by Crippen LogP contribution is -2.47. The molecule has 1 aromatic carbocycles. The summed E-state index contributed by atoms with van der Waals surface area (Å²) in [6, 6.07) is 8.99. The number of hydrogen-bond acceptors (Lipinski definition) is 3. The molecular weight excluding hydrogens is 262 g/mol. The highest BCUT2D eigenvalue weighted by molar-refractivity contribution is 5.79. The summed E-state index contributed by atoms with van der Waals surface area (Å²) in [5.41, 5.74) is 7.85. The SMILES string of the molecule is NCc1ccccc1CC(=O)NC1CCN2CCCC2C1. The number of fused-ring (bicyclic) bond motifs is 1. The number of nitrogens with zero attached hydrogens (tertiary/aromatic N) is 1. The number of amides is 1. The van der Waals surface area contributed by atoms with Gasteiger partial charge in [0.1, 0.15) is 0 Å². The first kappa shape index (κ1) is 14.5. The van der Waals surface area contributed by atoms with E-state index in [9.17, 15) is 4.79 Å². The fourth-order valence-corrected chi connectivity index (χ4v) is 3.74. The number of rotatable bonds is 4. The van der Waals surface area contributed by atoms with Crippen molar-refractivity contribution in [2.24, 2.45) is 5.73 Å². The van der Waals surface area contributed by atoms with Crippen LogP contribution in [-0.2, 0) is 17.8 Å². The van der Waals surface area contributed by atoms with Gasteiger partial charge >= 0.3 is 0 Å². The summed E-state index contributed by atoms with van der Waals surface area (Å²) in [7, 11) is 0. The molecule has 114 valence electrons. The Morgan fingerprint density at radius 2 is 2.05 bits per heavy atom. The van der Waals surface area contributed by atoms with E-state index in [0.29, 0.717) is 25.0 Å². The van der Waals surface area contributed by atoms with E-state index in [1.54, 1.807) is 0 Å². The van der Waals surface area contributed by atoms with E-state index < -0.39 is 0 Å². The standard InChI is InChI=1S/C17H25N3O/c18-12-14-5-2-1-4-13(14)10-17(21)19-15-7-9-20-8-3-6-16(20)11-15/h1-2,4-5,15-16H,3,6-12,18H2,(H,19,21). The van der Waals surface area contributed by atoms with Crippen molar-refractivity contribution >= 4 is 5.91 Å². The molecule has 2 aliphatic heterocycles. The van der Waals surface area contributed by atoms with Crippen molar-refractivity contribution in [3.05, 3.63) is 35.4 Å². The maximum Gasteiger partial charge on any atom is 0.224 e. The minimum absolute atomic E-state index is 0.132. The van der Waals surface area contributed by atoms with E-state index in [0.717, 1.165) is 30.5 Å². The fourth-order valence-electron chi connectivity index (χ4n) is 3.74. The lowest BCUT2D eigenvalue weighted by molar-refractivity contribution is -0.121. The van der Waals surface area contributed by atoms with Gasteiger partial charge in [-0.2, -0.15) is 0 Å². The third-order valence-electron chi connectivity index (χ3n) is 4.87. The second kappa shape index (κ2) is 6.58. The Labute approximate surface area is 126 Å². The summed E-state index contributed by atoms with van der Waals surface area (Å²) in [4.78, 5) is 14.9. The summed E-state index contributed by atoms with van der Waals surface area (Å²) >= 11 is 0. The zero-order valence-corrected chi connectivity index (χ0v) is 12.6. The lowest BCUT2D eigenvalue weighted by atomic mass is 9.97. The third kappa shape index (κ3) is 3.44. The first-order chi connectivity index (χ1) is 10.3. The molecular formula is C17H25N3O. The first-order valence-electron chi connectivity index (χ1n) is 8.06. The van der Waals surface area contributed by atoms with Gasteiger partial charge in [0.05, 0.1) is 6.42 Å². The Morgan fingerprint density at radius 1 is 1.24 bits per heavy atom. The zero-order valence-electron chi connectivity index (χ0n) is 12.6. The second-order valence-corrected chi connectivity index (χ2v) is 6.27. The minimum atomic E-state index is 0.132. The van der Waals surface area contributed by atoms with Crippen molar-refractivity contribution in [1.82, 2.24) is 10.2 Å². The van der Waals surface area contributed by atoms with E-state index in [2.05, 4.69) is 10.2 Å². The Bertz CT molecular complexity index is 503. The van der Waals surface area contributed by atoms with Crippen LogP contribution in [-0.4, -0.2) is 36.0 Å². The molecule has 3 N–H and O–H groups in total. The number of nitrogens with two attached hydrogens (primary N) is 1. The molecule has 2 unspecified atom stereocenters. The Kier molecular flexibility index (Phi) is 4.56. The maximum absolute atomic E-state index is 12.3. The summed E-state index contributed by atoms with van der Waals surface area (Å²) in [6.07, 6.45) is 5.25. The molecule has 21 heavy (non-hydrogen) atoms. The van der Waals surface area contributed by atoms with Crippen LogP contribution >= 0.6 is 0 Å². The Hall–Kier alpha value is -1.39. The molecule has 4 heteroatoms. The summed E-state index contributed by atoms with van der Waals surface area (Å²) in [5.74, 6) is 0.132. The van der Waals surface area contributed by atoms with E-state index in [4.69, 9.17) is 5.73 Å². The van der Waals surface area contributed by atoms with Gasteiger partial charge in [0.2, 0.25) is 5.91 Å². The van der Waals surface area contributed by atoms with Gasteiger partial charge in [0.15, 0.2) is 0 Å². The molecule has 2 saturated heterocycles. The topological polar surface area (TPSA) is 58.4 Å². The molecule has 2 atom stereocenters. The molecule has 0 saturated carbocycles. The zero-order chi connectivity index (χ0) is 14.7. The number of carbonyl (C=O) groups is 1. The number of carbonyl (C=O) groups excluding carboxylic acids is 1. The van der Waals surface area contributed by atoms with Gasteiger partial charge in [-0.3, -0.25) is 4.79 Å². The maximum atomic E-state index is 12.3. The van der Waals surface area contributed by atoms with Gasteiger partial charge in [-0.25, -0.2) is 0 Å². The average Bonchev–Trinajstić information content (AvgIpc) is 2.95. The number of piperidine rings is 1. The molecule has 0 aliphatic carbocycles. The lowest BCUT2D eigenvalue weighted by Gasteiger charge is -2.35. The van der Waals surface area contributed by atoms with Gasteiger partial charge < -0.3 is 16.0 Å². The van der Waals surface area contributed by atoms with Crippen molar-refractivity contribution < 1.29 is 4.79 Å². The Morgan fingerprint density at radius 3 is 2.86 bits per heavy atom. The van der Waals surface area contributed by atoms with Crippen LogP contribution in [0.2, 0.25) is 0 Å². The molecule has 4 nitrogen and oxygen atoms in total. The van der Waals surface area contributed by atoms with Gasteiger partial charge in [-0.05, 0) is 43.4 Å².